The summed E-state index contributed by atoms with van der Waals surface area (Å²) in [7, 11) is 0. The lowest BCUT2D eigenvalue weighted by molar-refractivity contribution is -0.673. The molecule has 0 unspecified atom stereocenters. The first-order valence-electron chi connectivity index (χ1n) is 15.9. The molecule has 200 valence electrons. The highest BCUT2D eigenvalue weighted by atomic mass is 15.6. The highest BCUT2D eigenvalue weighted by molar-refractivity contribution is 5.96. The predicted octanol–water partition coefficient (Wildman–Crippen LogP) is 9.86. The van der Waals surface area contributed by atoms with Gasteiger partial charge in [0.05, 0.1) is 6.54 Å². The van der Waals surface area contributed by atoms with Crippen molar-refractivity contribution in [2.45, 2.75) is 167 Å². The van der Waals surface area contributed by atoms with Gasteiger partial charge in [0.25, 0.3) is 0 Å². The summed E-state index contributed by atoms with van der Waals surface area (Å²) in [5.41, 5.74) is 3.09. The number of allylic oxidation sites excluding steroid dienone is 2. The molecular weight excluding hydrogens is 426 g/mol. The lowest BCUT2D eigenvalue weighted by Gasteiger charge is -2.18. The van der Waals surface area contributed by atoms with Gasteiger partial charge in [0.1, 0.15) is 0 Å². The summed E-state index contributed by atoms with van der Waals surface area (Å²) in [6.45, 7) is 4.21. The molecule has 0 spiro atoms. The Morgan fingerprint density at radius 2 is 1.23 bits per heavy atom. The predicted molar refractivity (Wildman–Crippen MR) is 152 cm³/mol. The first kappa shape index (κ1) is 29.9. The van der Waals surface area contributed by atoms with Crippen LogP contribution in [0.4, 0.5) is 0 Å². The highest BCUT2D eigenvalue weighted by Crippen LogP contribution is 2.22. The van der Waals surface area contributed by atoms with Crippen LogP contribution in [0.2, 0.25) is 0 Å². The van der Waals surface area contributed by atoms with E-state index >= 15 is 0 Å². The molecule has 0 amide bonds. The van der Waals surface area contributed by atoms with Crippen LogP contribution in [0.25, 0.3) is 0 Å². The van der Waals surface area contributed by atoms with Crippen molar-refractivity contribution in [2.75, 3.05) is 13.1 Å². The molecule has 0 aromatic heterocycles. The number of hydrazone groups is 1. The Bertz CT molecular complexity index is 627. The van der Waals surface area contributed by atoms with Crippen LogP contribution in [-0.2, 0) is 0 Å². The van der Waals surface area contributed by atoms with Gasteiger partial charge in [0, 0.05) is 18.4 Å². The molecule has 3 heteroatoms. The van der Waals surface area contributed by atoms with E-state index in [0.29, 0.717) is 0 Å². The van der Waals surface area contributed by atoms with Crippen molar-refractivity contribution in [2.24, 2.45) is 0 Å². The molecule has 0 bridgehead atoms. The molecule has 0 N–H and O–H groups in total. The van der Waals surface area contributed by atoms with Gasteiger partial charge in [-0.2, -0.15) is 5.26 Å². The fourth-order valence-electron chi connectivity index (χ4n) is 5.90. The van der Waals surface area contributed by atoms with E-state index in [1.165, 1.54) is 153 Å². The number of unbranched alkanes of at least 4 members (excludes halogenated alkanes) is 8. The Morgan fingerprint density at radius 1 is 0.686 bits per heavy atom. The number of hydrogen-bond acceptors (Lipinski definition) is 2. The molecule has 0 aromatic carbocycles. The second kappa shape index (κ2) is 20.8. The van der Waals surface area contributed by atoms with E-state index in [0.717, 1.165) is 25.9 Å². The minimum Gasteiger partial charge on any atom is -0.167 e. The van der Waals surface area contributed by atoms with Crippen LogP contribution < -0.4 is 0 Å². The molecule has 0 saturated heterocycles. The molecule has 1 heterocycles. The van der Waals surface area contributed by atoms with Crippen LogP contribution in [0.3, 0.4) is 0 Å². The lowest BCUT2D eigenvalue weighted by atomic mass is 9.96. The van der Waals surface area contributed by atoms with Gasteiger partial charge in [-0.15, -0.1) is 4.68 Å². The van der Waals surface area contributed by atoms with E-state index in [1.54, 1.807) is 5.57 Å². The normalized spacial score (nSPS) is 23.4. The second-order valence-corrected chi connectivity index (χ2v) is 11.2. The Balaban J connectivity index is 2.12. The van der Waals surface area contributed by atoms with Crippen molar-refractivity contribution >= 4 is 5.71 Å². The van der Waals surface area contributed by atoms with Gasteiger partial charge in [-0.05, 0) is 44.9 Å². The van der Waals surface area contributed by atoms with Gasteiger partial charge in [-0.1, -0.05) is 121 Å². The van der Waals surface area contributed by atoms with Crippen molar-refractivity contribution in [1.82, 2.24) is 5.01 Å². The summed E-state index contributed by atoms with van der Waals surface area (Å²) in [6.07, 6.45) is 38.3. The molecule has 0 aromatic rings. The van der Waals surface area contributed by atoms with E-state index in [1.807, 2.05) is 0 Å². The third-order valence-corrected chi connectivity index (χ3v) is 8.14. The zero-order valence-electron chi connectivity index (χ0n) is 23.5. The Hall–Kier alpha value is -1.30. The van der Waals surface area contributed by atoms with Gasteiger partial charge in [-0.25, -0.2) is 0 Å². The summed E-state index contributed by atoms with van der Waals surface area (Å²) in [5, 5.41) is 12.2. The van der Waals surface area contributed by atoms with Crippen molar-refractivity contribution in [3.8, 4) is 6.19 Å². The third kappa shape index (κ3) is 13.5. The molecule has 35 heavy (non-hydrogen) atoms. The van der Waals surface area contributed by atoms with Crippen LogP contribution in [0.1, 0.15) is 167 Å². The fourth-order valence-corrected chi connectivity index (χ4v) is 5.90. The SMILES string of the molecule is CCCCCCCCCCC/[N+]1=C(\C2=C/CCCCCCCCC2)CCCCCCCCN1C#N. The molecule has 1 aliphatic heterocycles. The quantitative estimate of drug-likeness (QED) is 0.166. The minimum absolute atomic E-state index is 0.894. The molecule has 0 atom stereocenters. The molecule has 0 fully saturated rings. The maximum absolute atomic E-state index is 10.2. The molecule has 2 rings (SSSR count). The van der Waals surface area contributed by atoms with E-state index in [9.17, 15) is 5.26 Å². The number of rotatable bonds is 11. The van der Waals surface area contributed by atoms with Crippen LogP contribution in [0.5, 0.6) is 0 Å². The number of nitrogens with zero attached hydrogens (tertiary/aromatic N) is 3. The van der Waals surface area contributed by atoms with Gasteiger partial charge in [0.2, 0.25) is 11.9 Å². The van der Waals surface area contributed by atoms with Gasteiger partial charge in [0.15, 0.2) is 6.54 Å². The zero-order chi connectivity index (χ0) is 24.8. The topological polar surface area (TPSA) is 30.0 Å². The first-order chi connectivity index (χ1) is 17.4. The van der Waals surface area contributed by atoms with Gasteiger partial charge < -0.3 is 0 Å². The van der Waals surface area contributed by atoms with Crippen molar-refractivity contribution < 1.29 is 4.68 Å². The summed E-state index contributed by atoms with van der Waals surface area (Å²) >= 11 is 0. The van der Waals surface area contributed by atoms with E-state index in [2.05, 4.69) is 28.9 Å². The average Bonchev–Trinajstić information content (AvgIpc) is 2.96. The first-order valence-corrected chi connectivity index (χ1v) is 15.9. The standard InChI is InChI=1S/C32H58N3/c1-2-3-4-5-6-9-13-19-24-29-35-32(27-22-17-12-14-18-23-28-34(35)30-33)31-25-20-15-10-7-8-11-16-21-26-31/h25H,2-24,26-29H2,1H3/q+1/b31-25-,35-32+. The van der Waals surface area contributed by atoms with Gasteiger partial charge in [-0.3, -0.25) is 0 Å². The molecule has 0 saturated carbocycles. The molecule has 1 aliphatic carbocycles. The van der Waals surface area contributed by atoms with Crippen molar-refractivity contribution in [1.29, 1.82) is 5.26 Å². The van der Waals surface area contributed by atoms with Crippen LogP contribution in [-0.4, -0.2) is 28.5 Å². The molecule has 0 radical (unpaired) electrons. The Kier molecular flexibility index (Phi) is 17.8. The monoisotopic (exact) mass is 484 g/mol. The summed E-state index contributed by atoms with van der Waals surface area (Å²) < 4.78 is 2.47. The summed E-state index contributed by atoms with van der Waals surface area (Å²) in [6, 6.07) is 0. The number of hydrogen-bond donors (Lipinski definition) is 0. The largest absolute Gasteiger partial charge is 0.239 e. The maximum Gasteiger partial charge on any atom is 0.239 e. The van der Waals surface area contributed by atoms with Crippen LogP contribution in [0, 0.1) is 11.5 Å². The lowest BCUT2D eigenvalue weighted by Crippen LogP contribution is -2.38. The van der Waals surface area contributed by atoms with Crippen LogP contribution >= 0.6 is 0 Å². The number of nitriles is 1. The molecular formula is C32H58N3+. The summed E-state index contributed by atoms with van der Waals surface area (Å²) in [5.74, 6) is 0. The van der Waals surface area contributed by atoms with Crippen molar-refractivity contribution in [3.63, 3.8) is 0 Å². The minimum atomic E-state index is 0.894. The maximum atomic E-state index is 10.2. The third-order valence-electron chi connectivity index (χ3n) is 8.14. The molecule has 3 nitrogen and oxygen atoms in total. The fraction of sp³-hybridized carbons (Fsp3) is 0.875. The zero-order valence-corrected chi connectivity index (χ0v) is 23.5. The molecule has 2 aliphatic rings. The number of hydrazine groups is 1. The second-order valence-electron chi connectivity index (χ2n) is 11.2. The average molecular weight is 485 g/mol. The Labute approximate surface area is 219 Å². The van der Waals surface area contributed by atoms with Crippen LogP contribution in [0.15, 0.2) is 11.6 Å². The van der Waals surface area contributed by atoms with Gasteiger partial charge >= 0.3 is 0 Å². The Morgan fingerprint density at radius 3 is 1.89 bits per heavy atom. The van der Waals surface area contributed by atoms with E-state index in [4.69, 9.17) is 0 Å². The smallest absolute Gasteiger partial charge is 0.167 e. The van der Waals surface area contributed by atoms with E-state index < -0.39 is 0 Å². The highest BCUT2D eigenvalue weighted by Gasteiger charge is 2.26. The van der Waals surface area contributed by atoms with Crippen molar-refractivity contribution in [3.05, 3.63) is 11.6 Å². The van der Waals surface area contributed by atoms with E-state index in [-0.39, 0.29) is 0 Å². The summed E-state index contributed by atoms with van der Waals surface area (Å²) in [4.78, 5) is 0.